The Bertz CT molecular complexity index is 2440. The maximum atomic E-state index is 6.77. The molecule has 47 heavy (non-hydrogen) atoms. The lowest BCUT2D eigenvalue weighted by Gasteiger charge is -2.33. The highest BCUT2D eigenvalue weighted by Crippen LogP contribution is 2.46. The molecule has 0 spiro atoms. The van der Waals surface area contributed by atoms with E-state index < -0.39 is 8.07 Å². The summed E-state index contributed by atoms with van der Waals surface area (Å²) in [4.78, 5) is 4.80. The number of rotatable bonds is 1. The van der Waals surface area contributed by atoms with Gasteiger partial charge in [-0.25, -0.2) is 9.13 Å². The largest absolute Gasteiger partial charge is 0.455 e. The molecular formula is C41H40N4OSi+2. The van der Waals surface area contributed by atoms with Crippen LogP contribution in [0.15, 0.2) is 108 Å². The monoisotopic (exact) mass is 632 g/mol. The number of aryl methyl sites for hydroxylation is 3. The maximum Gasteiger partial charge on any atom is 0.294 e. The van der Waals surface area contributed by atoms with Crippen molar-refractivity contribution in [2.45, 2.75) is 57.9 Å². The van der Waals surface area contributed by atoms with Crippen LogP contribution in [0, 0.1) is 6.92 Å². The smallest absolute Gasteiger partial charge is 0.294 e. The van der Waals surface area contributed by atoms with E-state index in [1.165, 1.54) is 44.2 Å². The molecule has 0 saturated heterocycles. The lowest BCUT2D eigenvalue weighted by Crippen LogP contribution is -2.53. The first-order valence-electron chi connectivity index (χ1n) is 16.8. The highest BCUT2D eigenvalue weighted by atomic mass is 28.3. The second-order valence-electron chi connectivity index (χ2n) is 14.7. The van der Waals surface area contributed by atoms with Crippen LogP contribution >= 0.6 is 0 Å². The van der Waals surface area contributed by atoms with Gasteiger partial charge in [-0.3, -0.25) is 4.98 Å². The Balaban J connectivity index is 1.35. The van der Waals surface area contributed by atoms with Crippen molar-refractivity contribution in [1.82, 2.24) is 9.55 Å². The summed E-state index contributed by atoms with van der Waals surface area (Å²) in [5, 5.41) is 3.78. The summed E-state index contributed by atoms with van der Waals surface area (Å²) in [6, 6.07) is 29.2. The molecule has 4 aromatic heterocycles. The molecule has 2 unspecified atom stereocenters. The molecule has 232 valence electrons. The first kappa shape index (κ1) is 28.4. The highest BCUT2D eigenvalue weighted by Gasteiger charge is 2.44. The molecule has 2 aliphatic heterocycles. The summed E-state index contributed by atoms with van der Waals surface area (Å²) in [7, 11) is 0.627. The molecule has 0 N–H and O–H groups in total. The average molecular weight is 633 g/mol. The zero-order valence-electron chi connectivity index (χ0n) is 27.8. The third-order valence-electron chi connectivity index (χ3n) is 10.7. The fourth-order valence-electron chi connectivity index (χ4n) is 8.41. The Morgan fingerprint density at radius 2 is 1.77 bits per heavy atom. The van der Waals surface area contributed by atoms with Crippen molar-refractivity contribution in [3.8, 4) is 22.6 Å². The predicted octanol–water partition coefficient (Wildman–Crippen LogP) is 8.08. The molecule has 0 amide bonds. The summed E-state index contributed by atoms with van der Waals surface area (Å²) in [5.74, 6) is 1.42. The van der Waals surface area contributed by atoms with Gasteiger partial charge in [0.05, 0.1) is 27.2 Å². The van der Waals surface area contributed by atoms with Crippen molar-refractivity contribution in [2.75, 3.05) is 0 Å². The highest BCUT2D eigenvalue weighted by molar-refractivity contribution is 6.88. The Morgan fingerprint density at radius 1 is 0.957 bits per heavy atom. The van der Waals surface area contributed by atoms with Crippen molar-refractivity contribution in [3.05, 3.63) is 120 Å². The first-order chi connectivity index (χ1) is 22.7. The van der Waals surface area contributed by atoms with Crippen molar-refractivity contribution in [2.24, 2.45) is 7.05 Å². The molecule has 6 heteroatoms. The van der Waals surface area contributed by atoms with Crippen LogP contribution in [-0.4, -0.2) is 17.6 Å². The number of nitrogens with zero attached hydrogens (tertiary/aromatic N) is 4. The van der Waals surface area contributed by atoms with E-state index in [0.717, 1.165) is 51.8 Å². The standard InChI is InChI=1S/C41H40N4OSi/c1-25-23-45-36-22-42-26(2)21-35(36)43(3)41(45)38-27(16-19-33-31-13-9-10-14-37(31)46-40(33)38)15-18-32-29-11-7-8-12-30(29)34-20-17-28(47(4,5)6)24-44(34)39(25)32/h7-14,16-17,19-22,24,32,39H,1,15,18,23H2,2-6H3/q+2. The number of pyridine rings is 2. The van der Waals surface area contributed by atoms with E-state index in [2.05, 4.69) is 132 Å². The molecular weight excluding hydrogens is 593 g/mol. The van der Waals surface area contributed by atoms with Crippen LogP contribution in [-0.2, 0) is 20.0 Å². The van der Waals surface area contributed by atoms with Gasteiger partial charge in [0.15, 0.2) is 28.9 Å². The molecule has 0 radical (unpaired) electrons. The number of hydrogen-bond acceptors (Lipinski definition) is 2. The van der Waals surface area contributed by atoms with Gasteiger partial charge in [0.2, 0.25) is 5.69 Å². The Kier molecular flexibility index (Phi) is 6.10. The molecule has 2 aliphatic rings. The summed E-state index contributed by atoms with van der Waals surface area (Å²) in [6.45, 7) is 15.0. The number of imidazole rings is 1. The summed E-state index contributed by atoms with van der Waals surface area (Å²) < 4.78 is 14.2. The van der Waals surface area contributed by atoms with Crippen molar-refractivity contribution >= 4 is 46.2 Å². The molecule has 0 saturated carbocycles. The fourth-order valence-corrected chi connectivity index (χ4v) is 9.52. The van der Waals surface area contributed by atoms with Crippen LogP contribution < -0.4 is 14.3 Å². The quantitative estimate of drug-likeness (QED) is 0.104. The number of allylic oxidation sites excluding steroid dienone is 1. The molecule has 6 heterocycles. The zero-order chi connectivity index (χ0) is 32.2. The number of fused-ring (bicyclic) bond motifs is 15. The normalized spacial score (nSPS) is 17.7. The molecule has 5 nitrogen and oxygen atoms in total. The van der Waals surface area contributed by atoms with E-state index >= 15 is 0 Å². The Labute approximate surface area is 276 Å². The molecule has 0 fully saturated rings. The first-order valence-corrected chi connectivity index (χ1v) is 20.3. The predicted molar refractivity (Wildman–Crippen MR) is 193 cm³/mol. The summed E-state index contributed by atoms with van der Waals surface area (Å²) in [5.41, 5.74) is 12.9. The van der Waals surface area contributed by atoms with Gasteiger partial charge in [0.1, 0.15) is 17.7 Å². The molecule has 2 atom stereocenters. The van der Waals surface area contributed by atoms with Crippen LogP contribution in [0.1, 0.15) is 35.2 Å². The van der Waals surface area contributed by atoms with Crippen molar-refractivity contribution < 1.29 is 13.6 Å². The number of furan rings is 1. The third-order valence-corrected chi connectivity index (χ3v) is 12.8. The number of para-hydroxylation sites is 1. The van der Waals surface area contributed by atoms with E-state index in [-0.39, 0.29) is 12.0 Å². The second-order valence-corrected chi connectivity index (χ2v) is 19.7. The SMILES string of the molecule is C=C1Cn2c([n+](C)c3cc(C)ncc32)-c2c(ccc3c2oc2ccccc23)CCC2c3ccccc3-c3ccc([Si](C)(C)C)c[n+]3C12. The molecule has 9 rings (SSSR count). The van der Waals surface area contributed by atoms with Gasteiger partial charge in [0.25, 0.3) is 5.82 Å². The van der Waals surface area contributed by atoms with Crippen LogP contribution in [0.4, 0.5) is 0 Å². The third kappa shape index (κ3) is 4.17. The lowest BCUT2D eigenvalue weighted by atomic mass is 9.76. The minimum atomic E-state index is -1.56. The minimum absolute atomic E-state index is 0.127. The molecule has 0 aliphatic carbocycles. The van der Waals surface area contributed by atoms with Gasteiger partial charge < -0.3 is 4.42 Å². The molecule has 7 aromatic rings. The maximum absolute atomic E-state index is 6.77. The minimum Gasteiger partial charge on any atom is -0.455 e. The number of aromatic nitrogens is 4. The van der Waals surface area contributed by atoms with E-state index in [1.807, 2.05) is 6.20 Å². The lowest BCUT2D eigenvalue weighted by molar-refractivity contribution is -0.709. The van der Waals surface area contributed by atoms with Crippen LogP contribution in [0.3, 0.4) is 0 Å². The van der Waals surface area contributed by atoms with E-state index in [0.29, 0.717) is 6.54 Å². The van der Waals surface area contributed by atoms with Crippen molar-refractivity contribution in [3.63, 3.8) is 0 Å². The average Bonchev–Trinajstić information content (AvgIpc) is 3.56. The fraction of sp³-hybridized carbons (Fsp3) is 0.244. The molecule has 3 aromatic carbocycles. The Morgan fingerprint density at radius 3 is 2.62 bits per heavy atom. The summed E-state index contributed by atoms with van der Waals surface area (Å²) in [6.07, 6.45) is 6.45. The van der Waals surface area contributed by atoms with Crippen molar-refractivity contribution in [1.29, 1.82) is 0 Å². The Hall–Kier alpha value is -4.81. The number of hydrogen-bond donors (Lipinski definition) is 0. The van der Waals surface area contributed by atoms with E-state index in [4.69, 9.17) is 16.0 Å². The summed E-state index contributed by atoms with van der Waals surface area (Å²) >= 11 is 0. The van der Waals surface area contributed by atoms with E-state index in [9.17, 15) is 0 Å². The van der Waals surface area contributed by atoms with Gasteiger partial charge in [-0.15, -0.1) is 0 Å². The number of benzene rings is 3. The molecule has 0 bridgehead atoms. The van der Waals surface area contributed by atoms with Gasteiger partial charge >= 0.3 is 0 Å². The van der Waals surface area contributed by atoms with Crippen LogP contribution in [0.25, 0.3) is 55.6 Å². The van der Waals surface area contributed by atoms with Gasteiger partial charge in [-0.2, -0.15) is 4.57 Å². The van der Waals surface area contributed by atoms with Gasteiger partial charge in [-0.1, -0.05) is 80.8 Å². The topological polar surface area (TPSA) is 38.7 Å². The zero-order valence-corrected chi connectivity index (χ0v) is 28.8. The van der Waals surface area contributed by atoms with Gasteiger partial charge in [-0.05, 0) is 43.0 Å². The van der Waals surface area contributed by atoms with Crippen LogP contribution in [0.2, 0.25) is 19.6 Å². The van der Waals surface area contributed by atoms with E-state index in [1.54, 1.807) is 0 Å². The second kappa shape index (κ2) is 10.1. The van der Waals surface area contributed by atoms with Crippen LogP contribution in [0.5, 0.6) is 0 Å². The van der Waals surface area contributed by atoms with Gasteiger partial charge in [0, 0.05) is 44.9 Å².